The summed E-state index contributed by atoms with van der Waals surface area (Å²) in [7, 11) is 0. The number of carbonyl (C=O) groups is 2. The molecular formula is C12H25N3O3. The summed E-state index contributed by atoms with van der Waals surface area (Å²) in [5.41, 5.74) is 4.60. The average Bonchev–Trinajstić information content (AvgIpc) is 2.12. The van der Waals surface area contributed by atoms with Gasteiger partial charge in [-0.1, -0.05) is 0 Å². The summed E-state index contributed by atoms with van der Waals surface area (Å²) in [4.78, 5) is 21.9. The number of primary amides is 1. The zero-order chi connectivity index (χ0) is 14.2. The van der Waals surface area contributed by atoms with Crippen LogP contribution in [0.5, 0.6) is 0 Å². The van der Waals surface area contributed by atoms with Gasteiger partial charge in [-0.15, -0.1) is 0 Å². The van der Waals surface area contributed by atoms with Gasteiger partial charge in [0.05, 0.1) is 0 Å². The normalized spacial score (nSPS) is 12.9. The first-order valence-electron chi connectivity index (χ1n) is 6.19. The van der Waals surface area contributed by atoms with E-state index in [4.69, 9.17) is 10.5 Å². The molecule has 0 saturated carbocycles. The number of carbonyl (C=O) groups excluding carboxylic acids is 2. The third-order valence-electron chi connectivity index (χ3n) is 2.02. The van der Waals surface area contributed by atoms with Crippen LogP contribution in [0.25, 0.3) is 0 Å². The molecule has 1 atom stereocenters. The first-order valence-corrected chi connectivity index (χ1v) is 6.19. The number of nitrogens with two attached hydrogens (primary N) is 1. The molecule has 4 N–H and O–H groups in total. The van der Waals surface area contributed by atoms with Crippen molar-refractivity contribution in [2.45, 2.75) is 52.2 Å². The Labute approximate surface area is 109 Å². The fourth-order valence-electron chi connectivity index (χ4n) is 1.32. The molecule has 0 fully saturated rings. The van der Waals surface area contributed by atoms with E-state index in [1.54, 1.807) is 0 Å². The summed E-state index contributed by atoms with van der Waals surface area (Å²) in [6, 6.07) is 0.0593. The molecule has 0 aromatic heterocycles. The van der Waals surface area contributed by atoms with Crippen LogP contribution in [0.1, 0.15) is 40.5 Å². The molecule has 0 heterocycles. The molecule has 0 aliphatic heterocycles. The predicted octanol–water partition coefficient (Wildman–Crippen LogP) is 0.755. The minimum Gasteiger partial charge on any atom is -0.444 e. The zero-order valence-corrected chi connectivity index (χ0v) is 11.7. The molecule has 6 heteroatoms. The van der Waals surface area contributed by atoms with Gasteiger partial charge in [-0.3, -0.25) is 4.79 Å². The summed E-state index contributed by atoms with van der Waals surface area (Å²) in [6.07, 6.45) is 0.676. The van der Waals surface area contributed by atoms with Gasteiger partial charge in [0.1, 0.15) is 5.60 Å². The Morgan fingerprint density at radius 1 is 1.28 bits per heavy atom. The van der Waals surface area contributed by atoms with Crippen molar-refractivity contribution in [2.75, 3.05) is 13.1 Å². The van der Waals surface area contributed by atoms with Gasteiger partial charge in [-0.2, -0.15) is 0 Å². The fraction of sp³-hybridized carbons (Fsp3) is 0.833. The molecule has 0 aliphatic rings. The third-order valence-corrected chi connectivity index (χ3v) is 2.02. The molecule has 0 bridgehead atoms. The molecule has 2 amide bonds. The van der Waals surface area contributed by atoms with Crippen molar-refractivity contribution >= 4 is 12.0 Å². The highest BCUT2D eigenvalue weighted by atomic mass is 16.6. The first kappa shape index (κ1) is 16.7. The van der Waals surface area contributed by atoms with Crippen molar-refractivity contribution < 1.29 is 14.3 Å². The maximum atomic E-state index is 11.3. The minimum atomic E-state index is -0.474. The van der Waals surface area contributed by atoms with Crippen molar-refractivity contribution in [2.24, 2.45) is 5.73 Å². The van der Waals surface area contributed by atoms with Gasteiger partial charge in [0.15, 0.2) is 0 Å². The Hall–Kier alpha value is -1.30. The number of rotatable bonds is 7. The Kier molecular flexibility index (Phi) is 7.35. The highest BCUT2D eigenvalue weighted by Crippen LogP contribution is 2.06. The van der Waals surface area contributed by atoms with E-state index in [-0.39, 0.29) is 11.9 Å². The summed E-state index contributed by atoms with van der Waals surface area (Å²) < 4.78 is 5.09. The van der Waals surface area contributed by atoms with Crippen LogP contribution in [0.15, 0.2) is 0 Å². The number of amides is 2. The molecule has 0 aromatic carbocycles. The average molecular weight is 259 g/mol. The number of hydrogen-bond donors (Lipinski definition) is 3. The third kappa shape index (κ3) is 11.2. The Morgan fingerprint density at radius 3 is 2.39 bits per heavy atom. The van der Waals surface area contributed by atoms with E-state index in [2.05, 4.69) is 10.6 Å². The molecule has 6 nitrogen and oxygen atoms in total. The van der Waals surface area contributed by atoms with E-state index in [0.29, 0.717) is 19.5 Å². The lowest BCUT2D eigenvalue weighted by molar-refractivity contribution is -0.118. The number of ether oxygens (including phenoxy) is 1. The van der Waals surface area contributed by atoms with E-state index in [0.717, 1.165) is 6.42 Å². The lowest BCUT2D eigenvalue weighted by Gasteiger charge is -2.19. The zero-order valence-electron chi connectivity index (χ0n) is 11.7. The molecule has 0 aromatic rings. The highest BCUT2D eigenvalue weighted by molar-refractivity contribution is 5.74. The van der Waals surface area contributed by atoms with Crippen LogP contribution in [-0.2, 0) is 9.53 Å². The van der Waals surface area contributed by atoms with Crippen molar-refractivity contribution in [3.63, 3.8) is 0 Å². The molecule has 0 aliphatic carbocycles. The maximum Gasteiger partial charge on any atom is 0.407 e. The number of hydrogen-bond acceptors (Lipinski definition) is 4. The van der Waals surface area contributed by atoms with Gasteiger partial charge in [-0.05, 0) is 40.7 Å². The van der Waals surface area contributed by atoms with Crippen molar-refractivity contribution in [3.05, 3.63) is 0 Å². The van der Waals surface area contributed by atoms with E-state index < -0.39 is 11.7 Å². The molecule has 0 spiro atoms. The molecule has 1 unspecified atom stereocenters. The highest BCUT2D eigenvalue weighted by Gasteiger charge is 2.15. The van der Waals surface area contributed by atoms with Crippen LogP contribution in [0.2, 0.25) is 0 Å². The topological polar surface area (TPSA) is 93.5 Å². The molecule has 0 saturated heterocycles. The molecule has 0 radical (unpaired) electrons. The predicted molar refractivity (Wildman–Crippen MR) is 70.1 cm³/mol. The van der Waals surface area contributed by atoms with Gasteiger partial charge in [0.2, 0.25) is 5.91 Å². The second-order valence-corrected chi connectivity index (χ2v) is 5.31. The van der Waals surface area contributed by atoms with Gasteiger partial charge in [-0.25, -0.2) is 4.79 Å². The summed E-state index contributed by atoms with van der Waals surface area (Å²) in [6.45, 7) is 8.60. The summed E-state index contributed by atoms with van der Waals surface area (Å²) >= 11 is 0. The fourth-order valence-corrected chi connectivity index (χ4v) is 1.32. The van der Waals surface area contributed by atoms with Crippen molar-refractivity contribution in [1.29, 1.82) is 0 Å². The van der Waals surface area contributed by atoms with Gasteiger partial charge in [0.25, 0.3) is 0 Å². The quantitative estimate of drug-likeness (QED) is 0.588. The largest absolute Gasteiger partial charge is 0.444 e. The van der Waals surface area contributed by atoms with E-state index in [1.165, 1.54) is 0 Å². The summed E-state index contributed by atoms with van der Waals surface area (Å²) in [5, 5.41) is 5.80. The van der Waals surface area contributed by atoms with E-state index in [1.807, 2.05) is 27.7 Å². The van der Waals surface area contributed by atoms with Crippen LogP contribution < -0.4 is 16.4 Å². The van der Waals surface area contributed by atoms with Crippen LogP contribution in [0.3, 0.4) is 0 Å². The van der Waals surface area contributed by atoms with Crippen LogP contribution in [0, 0.1) is 0 Å². The second-order valence-electron chi connectivity index (χ2n) is 5.31. The lowest BCUT2D eigenvalue weighted by Crippen LogP contribution is -2.35. The lowest BCUT2D eigenvalue weighted by atomic mass is 10.2. The minimum absolute atomic E-state index is 0.0593. The summed E-state index contributed by atoms with van der Waals surface area (Å²) in [5.74, 6) is -0.318. The van der Waals surface area contributed by atoms with Crippen LogP contribution in [-0.4, -0.2) is 36.7 Å². The second kappa shape index (κ2) is 7.92. The number of alkyl carbamates (subject to hydrolysis) is 1. The monoisotopic (exact) mass is 259 g/mol. The van der Waals surface area contributed by atoms with Gasteiger partial charge in [0, 0.05) is 19.0 Å². The Balaban J connectivity index is 3.51. The van der Waals surface area contributed by atoms with Crippen LogP contribution in [0.4, 0.5) is 4.79 Å². The van der Waals surface area contributed by atoms with E-state index in [9.17, 15) is 9.59 Å². The van der Waals surface area contributed by atoms with Gasteiger partial charge >= 0.3 is 6.09 Å². The molecule has 18 heavy (non-hydrogen) atoms. The van der Waals surface area contributed by atoms with Crippen molar-refractivity contribution in [1.82, 2.24) is 10.6 Å². The van der Waals surface area contributed by atoms with Gasteiger partial charge < -0.3 is 21.1 Å². The van der Waals surface area contributed by atoms with Crippen molar-refractivity contribution in [3.8, 4) is 0 Å². The van der Waals surface area contributed by atoms with Crippen LogP contribution >= 0.6 is 0 Å². The number of nitrogens with one attached hydrogen (secondary N) is 2. The maximum absolute atomic E-state index is 11.3. The Bertz CT molecular complexity index is 274. The molecule has 106 valence electrons. The first-order chi connectivity index (χ1) is 8.20. The molecular weight excluding hydrogens is 234 g/mol. The Morgan fingerprint density at radius 2 is 1.89 bits per heavy atom. The van der Waals surface area contributed by atoms with E-state index >= 15 is 0 Å². The standard InChI is InChI=1S/C12H25N3O3/c1-9(8-10(13)16)14-6-5-7-15-11(17)18-12(2,3)4/h9,14H,5-8H2,1-4H3,(H2,13,16)(H,15,17). The smallest absolute Gasteiger partial charge is 0.407 e. The molecule has 0 rings (SSSR count). The SMILES string of the molecule is CC(CC(N)=O)NCCCNC(=O)OC(C)(C)C.